The molecule has 1 aromatic heterocycles. The highest BCUT2D eigenvalue weighted by Crippen LogP contribution is 2.30. The zero-order valence-corrected chi connectivity index (χ0v) is 16.6. The summed E-state index contributed by atoms with van der Waals surface area (Å²) in [7, 11) is 0. The van der Waals surface area contributed by atoms with Crippen LogP contribution in [0, 0.1) is 0 Å². The van der Waals surface area contributed by atoms with Crippen LogP contribution >= 0.6 is 11.3 Å². The maximum Gasteiger partial charge on any atom is 0.339 e. The molecule has 2 heterocycles. The monoisotopic (exact) mass is 400 g/mol. The molecule has 2 aliphatic rings. The lowest BCUT2D eigenvalue weighted by molar-refractivity contribution is -0.119. The van der Waals surface area contributed by atoms with Crippen molar-refractivity contribution < 1.29 is 19.1 Å². The van der Waals surface area contributed by atoms with Crippen molar-refractivity contribution in [2.24, 2.45) is 0 Å². The maximum atomic E-state index is 12.3. The van der Waals surface area contributed by atoms with Crippen LogP contribution in [0.1, 0.15) is 33.6 Å². The largest absolute Gasteiger partial charge is 0.452 e. The number of esters is 1. The molecular formula is C21H24N2O4S. The van der Waals surface area contributed by atoms with Gasteiger partial charge in [0, 0.05) is 34.7 Å². The minimum Gasteiger partial charge on any atom is -0.452 e. The fourth-order valence-electron chi connectivity index (χ4n) is 3.65. The van der Waals surface area contributed by atoms with Gasteiger partial charge in [0.2, 0.25) is 0 Å². The summed E-state index contributed by atoms with van der Waals surface area (Å²) in [6.07, 6.45) is 4.23. The SMILES string of the molecule is O=C(COC(=O)c1csc2c1CCCC2)Nc1ccc(N2CCOCC2)cc1. The second-order valence-corrected chi connectivity index (χ2v) is 7.99. The fraction of sp³-hybridized carbons (Fsp3) is 0.429. The molecule has 1 amide bonds. The Bertz CT molecular complexity index is 841. The summed E-state index contributed by atoms with van der Waals surface area (Å²) in [6.45, 7) is 2.92. The second-order valence-electron chi connectivity index (χ2n) is 7.03. The van der Waals surface area contributed by atoms with Crippen LogP contribution in [0.5, 0.6) is 0 Å². The van der Waals surface area contributed by atoms with Crippen molar-refractivity contribution in [2.45, 2.75) is 25.7 Å². The third-order valence-electron chi connectivity index (χ3n) is 5.14. The summed E-state index contributed by atoms with van der Waals surface area (Å²) in [5.41, 5.74) is 3.53. The quantitative estimate of drug-likeness (QED) is 0.781. The molecule has 28 heavy (non-hydrogen) atoms. The van der Waals surface area contributed by atoms with Gasteiger partial charge < -0.3 is 19.7 Å². The molecule has 1 saturated heterocycles. The van der Waals surface area contributed by atoms with Gasteiger partial charge in [-0.3, -0.25) is 4.79 Å². The molecular weight excluding hydrogens is 376 g/mol. The first-order valence-electron chi connectivity index (χ1n) is 9.69. The van der Waals surface area contributed by atoms with Gasteiger partial charge in [0.05, 0.1) is 18.8 Å². The number of morpholine rings is 1. The minimum absolute atomic E-state index is 0.283. The van der Waals surface area contributed by atoms with Crippen LogP contribution in [0.2, 0.25) is 0 Å². The van der Waals surface area contributed by atoms with Crippen LogP contribution in [0.3, 0.4) is 0 Å². The second kappa shape index (κ2) is 8.75. The van der Waals surface area contributed by atoms with Crippen molar-refractivity contribution in [2.75, 3.05) is 43.1 Å². The van der Waals surface area contributed by atoms with Gasteiger partial charge >= 0.3 is 5.97 Å². The van der Waals surface area contributed by atoms with Gasteiger partial charge in [-0.05, 0) is 55.5 Å². The lowest BCUT2D eigenvalue weighted by Gasteiger charge is -2.28. The smallest absolute Gasteiger partial charge is 0.339 e. The Morgan fingerprint density at radius 1 is 1.11 bits per heavy atom. The molecule has 0 radical (unpaired) electrons. The zero-order chi connectivity index (χ0) is 19.3. The Morgan fingerprint density at radius 3 is 2.64 bits per heavy atom. The normalized spacial score (nSPS) is 16.4. The van der Waals surface area contributed by atoms with E-state index in [1.807, 2.05) is 29.6 Å². The Balaban J connectivity index is 1.28. The Kier molecular flexibility index (Phi) is 5.92. The molecule has 6 nitrogen and oxygen atoms in total. The number of benzene rings is 1. The van der Waals surface area contributed by atoms with Gasteiger partial charge in [-0.25, -0.2) is 4.79 Å². The minimum atomic E-state index is -0.405. The van der Waals surface area contributed by atoms with Gasteiger partial charge in [0.1, 0.15) is 0 Å². The van der Waals surface area contributed by atoms with Crippen LogP contribution in [-0.2, 0) is 27.1 Å². The molecule has 0 unspecified atom stereocenters. The Morgan fingerprint density at radius 2 is 1.86 bits per heavy atom. The maximum absolute atomic E-state index is 12.3. The first-order chi connectivity index (χ1) is 13.7. The molecule has 1 fully saturated rings. The number of amides is 1. The van der Waals surface area contributed by atoms with E-state index >= 15 is 0 Å². The van der Waals surface area contributed by atoms with Crippen LogP contribution in [0.4, 0.5) is 11.4 Å². The molecule has 2 aromatic rings. The third-order valence-corrected chi connectivity index (χ3v) is 6.23. The van der Waals surface area contributed by atoms with Crippen LogP contribution < -0.4 is 10.2 Å². The number of ether oxygens (including phenoxy) is 2. The van der Waals surface area contributed by atoms with Crippen molar-refractivity contribution >= 4 is 34.6 Å². The average molecular weight is 401 g/mol. The van der Waals surface area contributed by atoms with Gasteiger partial charge in [-0.1, -0.05) is 0 Å². The third kappa shape index (κ3) is 4.36. The van der Waals surface area contributed by atoms with Crippen molar-refractivity contribution in [3.63, 3.8) is 0 Å². The van der Waals surface area contributed by atoms with E-state index in [0.29, 0.717) is 11.3 Å². The molecule has 148 valence electrons. The lowest BCUT2D eigenvalue weighted by Crippen LogP contribution is -2.36. The van der Waals surface area contributed by atoms with Gasteiger partial charge in [0.25, 0.3) is 5.91 Å². The Hall–Kier alpha value is -2.38. The molecule has 0 atom stereocenters. The van der Waals surface area contributed by atoms with Gasteiger partial charge in [-0.15, -0.1) is 11.3 Å². The summed E-state index contributed by atoms with van der Waals surface area (Å²) in [6, 6.07) is 7.68. The number of aryl methyl sites for hydroxylation is 1. The van der Waals surface area contributed by atoms with E-state index in [-0.39, 0.29) is 12.5 Å². The number of nitrogens with one attached hydrogen (secondary N) is 1. The molecule has 1 aliphatic carbocycles. The first kappa shape index (κ1) is 19.0. The van der Waals surface area contributed by atoms with Crippen molar-refractivity contribution in [3.8, 4) is 0 Å². The van der Waals surface area contributed by atoms with E-state index < -0.39 is 5.97 Å². The molecule has 1 N–H and O–H groups in total. The summed E-state index contributed by atoms with van der Waals surface area (Å²) in [5.74, 6) is -0.742. The van der Waals surface area contributed by atoms with Gasteiger partial charge in [-0.2, -0.15) is 0 Å². The van der Waals surface area contributed by atoms with Crippen LogP contribution in [0.25, 0.3) is 0 Å². The number of anilines is 2. The van der Waals surface area contributed by atoms with E-state index in [1.165, 1.54) is 11.3 Å². The van der Waals surface area contributed by atoms with E-state index in [9.17, 15) is 9.59 Å². The van der Waals surface area contributed by atoms with E-state index in [2.05, 4.69) is 10.2 Å². The molecule has 7 heteroatoms. The predicted octanol–water partition coefficient (Wildman–Crippen LogP) is 3.26. The highest BCUT2D eigenvalue weighted by molar-refractivity contribution is 7.10. The summed E-state index contributed by atoms with van der Waals surface area (Å²) in [5, 5.41) is 4.64. The van der Waals surface area contributed by atoms with E-state index in [1.54, 1.807) is 11.3 Å². The summed E-state index contributed by atoms with van der Waals surface area (Å²) >= 11 is 1.62. The van der Waals surface area contributed by atoms with Crippen LogP contribution in [0.15, 0.2) is 29.6 Å². The first-order valence-corrected chi connectivity index (χ1v) is 10.6. The van der Waals surface area contributed by atoms with Crippen molar-refractivity contribution in [3.05, 3.63) is 45.6 Å². The highest BCUT2D eigenvalue weighted by atomic mass is 32.1. The lowest BCUT2D eigenvalue weighted by atomic mass is 9.96. The highest BCUT2D eigenvalue weighted by Gasteiger charge is 2.21. The number of hydrogen-bond donors (Lipinski definition) is 1. The predicted molar refractivity (Wildman–Crippen MR) is 109 cm³/mol. The molecule has 0 bridgehead atoms. The van der Waals surface area contributed by atoms with E-state index in [4.69, 9.17) is 9.47 Å². The van der Waals surface area contributed by atoms with Crippen molar-refractivity contribution in [1.29, 1.82) is 0 Å². The number of nitrogens with zero attached hydrogens (tertiary/aromatic N) is 1. The standard InChI is InChI=1S/C21H24N2O4S/c24-20(13-27-21(25)18-14-28-19-4-2-1-3-17(18)19)22-15-5-7-16(8-6-15)23-9-11-26-12-10-23/h5-8,14H,1-4,9-13H2,(H,22,24). The number of fused-ring (bicyclic) bond motifs is 1. The number of carbonyl (C=O) groups excluding carboxylic acids is 2. The van der Waals surface area contributed by atoms with Crippen LogP contribution in [-0.4, -0.2) is 44.8 Å². The summed E-state index contributed by atoms with van der Waals surface area (Å²) in [4.78, 5) is 28.0. The number of rotatable bonds is 5. The van der Waals surface area contributed by atoms with E-state index in [0.717, 1.165) is 56.8 Å². The number of carbonyl (C=O) groups is 2. The van der Waals surface area contributed by atoms with Gasteiger partial charge in [0.15, 0.2) is 6.61 Å². The number of hydrogen-bond acceptors (Lipinski definition) is 6. The van der Waals surface area contributed by atoms with Crippen molar-refractivity contribution in [1.82, 2.24) is 0 Å². The average Bonchev–Trinajstić information content (AvgIpc) is 3.17. The molecule has 1 aliphatic heterocycles. The molecule has 4 rings (SSSR count). The molecule has 0 saturated carbocycles. The summed E-state index contributed by atoms with van der Waals surface area (Å²) < 4.78 is 10.6. The fourth-order valence-corrected chi connectivity index (χ4v) is 4.76. The molecule has 1 aromatic carbocycles. The molecule has 0 spiro atoms. The Labute approximate surface area is 168 Å². The topological polar surface area (TPSA) is 67.9 Å². The number of thiophene rings is 1. The zero-order valence-electron chi connectivity index (χ0n) is 15.7.